The molecule has 0 unspecified atom stereocenters. The van der Waals surface area contributed by atoms with Crippen molar-refractivity contribution in [2.45, 2.75) is 12.8 Å². The predicted octanol–water partition coefficient (Wildman–Crippen LogP) is 2.08. The van der Waals surface area contributed by atoms with E-state index in [4.69, 9.17) is 16.3 Å². The van der Waals surface area contributed by atoms with E-state index in [0.717, 1.165) is 12.5 Å². The molecule has 24 heavy (non-hydrogen) atoms. The molecule has 0 radical (unpaired) electrons. The van der Waals surface area contributed by atoms with E-state index in [1.165, 1.54) is 12.8 Å². The summed E-state index contributed by atoms with van der Waals surface area (Å²) < 4.78 is 4.87. The van der Waals surface area contributed by atoms with E-state index in [0.29, 0.717) is 29.4 Å². The van der Waals surface area contributed by atoms with Gasteiger partial charge in [-0.15, -0.1) is 12.4 Å². The molecule has 0 bridgehead atoms. The van der Waals surface area contributed by atoms with Gasteiger partial charge in [-0.2, -0.15) is 0 Å². The van der Waals surface area contributed by atoms with E-state index in [2.05, 4.69) is 16.0 Å². The first-order valence-corrected chi connectivity index (χ1v) is 8.05. The summed E-state index contributed by atoms with van der Waals surface area (Å²) in [5, 5.41) is 8.87. The van der Waals surface area contributed by atoms with Gasteiger partial charge < -0.3 is 20.7 Å². The lowest BCUT2D eigenvalue weighted by atomic mass is 10.2. The van der Waals surface area contributed by atoms with Crippen molar-refractivity contribution >= 4 is 41.5 Å². The summed E-state index contributed by atoms with van der Waals surface area (Å²) in [6.07, 6.45) is 2.50. The molecule has 3 N–H and O–H groups in total. The first kappa shape index (κ1) is 20.7. The van der Waals surface area contributed by atoms with Gasteiger partial charge in [0.25, 0.3) is 5.91 Å². The molecular weight excluding hydrogens is 353 g/mol. The van der Waals surface area contributed by atoms with Crippen LogP contribution in [0.4, 0.5) is 5.69 Å². The molecule has 0 aliphatic heterocycles. The van der Waals surface area contributed by atoms with Gasteiger partial charge in [-0.25, -0.2) is 0 Å². The predicted molar refractivity (Wildman–Crippen MR) is 97.1 cm³/mol. The van der Waals surface area contributed by atoms with Crippen LogP contribution in [0.1, 0.15) is 23.2 Å². The number of anilines is 1. The Balaban J connectivity index is 0.00000288. The Morgan fingerprint density at radius 3 is 2.71 bits per heavy atom. The van der Waals surface area contributed by atoms with Crippen molar-refractivity contribution in [1.82, 2.24) is 10.6 Å². The molecule has 0 saturated heterocycles. The molecule has 2 amide bonds. The summed E-state index contributed by atoms with van der Waals surface area (Å²) in [5.74, 6) is 0.336. The summed E-state index contributed by atoms with van der Waals surface area (Å²) in [4.78, 5) is 23.7. The van der Waals surface area contributed by atoms with Gasteiger partial charge in [0.2, 0.25) is 5.91 Å². The van der Waals surface area contributed by atoms with Crippen LogP contribution in [0.25, 0.3) is 0 Å². The van der Waals surface area contributed by atoms with Gasteiger partial charge in [-0.05, 0) is 43.5 Å². The molecule has 1 aromatic rings. The average Bonchev–Trinajstić information content (AvgIpc) is 3.31. The van der Waals surface area contributed by atoms with Crippen LogP contribution in [0, 0.1) is 5.92 Å². The molecule has 0 heterocycles. The second kappa shape index (κ2) is 10.5. The van der Waals surface area contributed by atoms with Crippen LogP contribution >= 0.6 is 24.0 Å². The van der Waals surface area contributed by atoms with Crippen molar-refractivity contribution in [1.29, 1.82) is 0 Å². The molecule has 2 rings (SSSR count). The summed E-state index contributed by atoms with van der Waals surface area (Å²) in [5.41, 5.74) is 0.939. The van der Waals surface area contributed by atoms with E-state index >= 15 is 0 Å². The maximum absolute atomic E-state index is 11.9. The highest BCUT2D eigenvalue weighted by Gasteiger charge is 2.20. The number of ether oxygens (including phenoxy) is 1. The molecule has 1 aromatic carbocycles. The number of halogens is 2. The maximum atomic E-state index is 11.9. The topological polar surface area (TPSA) is 79.5 Å². The number of carbonyl (C=O) groups excluding carboxylic acids is 2. The Bertz CT molecular complexity index is 565. The molecule has 0 atom stereocenters. The Hall–Kier alpha value is -1.34. The maximum Gasteiger partial charge on any atom is 0.252 e. The Kier molecular flexibility index (Phi) is 9.07. The summed E-state index contributed by atoms with van der Waals surface area (Å²) in [6.45, 7) is 2.00. The molecule has 8 heteroatoms. The zero-order valence-corrected chi connectivity index (χ0v) is 15.1. The van der Waals surface area contributed by atoms with E-state index in [-0.39, 0.29) is 30.8 Å². The standard InChI is InChI=1S/C16H22ClN3O3.ClH/c1-23-7-6-19-16(22)13-5-4-12(8-14(13)17)20-15(21)10-18-9-11-2-3-11;/h4-5,8,11,18H,2-3,6-7,9-10H2,1H3,(H,19,22)(H,20,21);1H. The van der Waals surface area contributed by atoms with Gasteiger partial charge in [-0.3, -0.25) is 9.59 Å². The van der Waals surface area contributed by atoms with Crippen molar-refractivity contribution in [3.8, 4) is 0 Å². The van der Waals surface area contributed by atoms with Crippen LogP contribution in [-0.4, -0.2) is 45.2 Å². The third-order valence-electron chi connectivity index (χ3n) is 3.50. The zero-order valence-electron chi connectivity index (χ0n) is 13.6. The molecule has 1 aliphatic carbocycles. The number of hydrogen-bond donors (Lipinski definition) is 3. The molecule has 0 spiro atoms. The molecule has 0 aromatic heterocycles. The number of benzene rings is 1. The third-order valence-corrected chi connectivity index (χ3v) is 3.82. The highest BCUT2D eigenvalue weighted by atomic mass is 35.5. The molecule has 1 fully saturated rings. The molecular formula is C16H23Cl2N3O3. The van der Waals surface area contributed by atoms with Crippen molar-refractivity contribution < 1.29 is 14.3 Å². The summed E-state index contributed by atoms with van der Waals surface area (Å²) in [6, 6.07) is 4.83. The van der Waals surface area contributed by atoms with E-state index in [9.17, 15) is 9.59 Å². The summed E-state index contributed by atoms with van der Waals surface area (Å²) >= 11 is 6.12. The van der Waals surface area contributed by atoms with Crippen LogP contribution in [0.2, 0.25) is 5.02 Å². The van der Waals surface area contributed by atoms with Gasteiger partial charge in [0.15, 0.2) is 0 Å². The third kappa shape index (κ3) is 7.05. The minimum Gasteiger partial charge on any atom is -0.383 e. The van der Waals surface area contributed by atoms with Crippen LogP contribution < -0.4 is 16.0 Å². The van der Waals surface area contributed by atoms with Crippen LogP contribution in [0.15, 0.2) is 18.2 Å². The molecule has 1 saturated carbocycles. The molecule has 6 nitrogen and oxygen atoms in total. The first-order valence-electron chi connectivity index (χ1n) is 7.67. The van der Waals surface area contributed by atoms with Gasteiger partial charge in [0.1, 0.15) is 0 Å². The Morgan fingerprint density at radius 1 is 1.33 bits per heavy atom. The van der Waals surface area contributed by atoms with Crippen molar-refractivity contribution in [3.63, 3.8) is 0 Å². The largest absolute Gasteiger partial charge is 0.383 e. The normalized spacial score (nSPS) is 13.1. The molecule has 134 valence electrons. The van der Waals surface area contributed by atoms with Gasteiger partial charge in [-0.1, -0.05) is 11.6 Å². The van der Waals surface area contributed by atoms with Crippen LogP contribution in [0.5, 0.6) is 0 Å². The van der Waals surface area contributed by atoms with Gasteiger partial charge in [0.05, 0.1) is 23.7 Å². The highest BCUT2D eigenvalue weighted by molar-refractivity contribution is 6.34. The van der Waals surface area contributed by atoms with Crippen LogP contribution in [0.3, 0.4) is 0 Å². The fourth-order valence-corrected chi connectivity index (χ4v) is 2.32. The number of hydrogen-bond acceptors (Lipinski definition) is 4. The number of carbonyl (C=O) groups is 2. The van der Waals surface area contributed by atoms with E-state index < -0.39 is 0 Å². The monoisotopic (exact) mass is 375 g/mol. The lowest BCUT2D eigenvalue weighted by molar-refractivity contribution is -0.115. The highest BCUT2D eigenvalue weighted by Crippen LogP contribution is 2.27. The van der Waals surface area contributed by atoms with Crippen molar-refractivity contribution in [2.24, 2.45) is 5.92 Å². The number of nitrogens with one attached hydrogen (secondary N) is 3. The fourth-order valence-electron chi connectivity index (χ4n) is 2.06. The van der Waals surface area contributed by atoms with E-state index in [1.54, 1.807) is 25.3 Å². The second-order valence-corrected chi connectivity index (χ2v) is 5.97. The number of amides is 2. The lowest BCUT2D eigenvalue weighted by Gasteiger charge is -2.10. The Labute approximate surface area is 153 Å². The Morgan fingerprint density at radius 2 is 2.08 bits per heavy atom. The van der Waals surface area contributed by atoms with Gasteiger partial charge in [0, 0.05) is 19.3 Å². The fraction of sp³-hybridized carbons (Fsp3) is 0.500. The van der Waals surface area contributed by atoms with Crippen LogP contribution in [-0.2, 0) is 9.53 Å². The second-order valence-electron chi connectivity index (χ2n) is 5.57. The van der Waals surface area contributed by atoms with Gasteiger partial charge >= 0.3 is 0 Å². The minimum absolute atomic E-state index is 0. The quantitative estimate of drug-likeness (QED) is 0.577. The smallest absolute Gasteiger partial charge is 0.252 e. The average molecular weight is 376 g/mol. The lowest BCUT2D eigenvalue weighted by Crippen LogP contribution is -2.29. The minimum atomic E-state index is -0.268. The van der Waals surface area contributed by atoms with Crippen molar-refractivity contribution in [2.75, 3.05) is 38.7 Å². The van der Waals surface area contributed by atoms with E-state index in [1.807, 2.05) is 0 Å². The first-order chi connectivity index (χ1) is 11.1. The summed E-state index contributed by atoms with van der Waals surface area (Å²) in [7, 11) is 1.57. The number of methoxy groups -OCH3 is 1. The van der Waals surface area contributed by atoms with Crippen molar-refractivity contribution in [3.05, 3.63) is 28.8 Å². The SMILES string of the molecule is COCCNC(=O)c1ccc(NC(=O)CNCC2CC2)cc1Cl.Cl. The zero-order chi connectivity index (χ0) is 16.7. The molecule has 1 aliphatic rings. The number of rotatable bonds is 9.